The zero-order valence-corrected chi connectivity index (χ0v) is 9.91. The first-order chi connectivity index (χ1) is 8.60. The highest BCUT2D eigenvalue weighted by molar-refractivity contribution is 5.90. The SMILES string of the molecule is C=CCOC(COC(=O)/C=C\C(=O)O)OCC=C. The third-order valence-corrected chi connectivity index (χ3v) is 1.52. The number of esters is 1. The number of carbonyl (C=O) groups is 2. The van der Waals surface area contributed by atoms with Crippen LogP contribution in [0.2, 0.25) is 0 Å². The zero-order chi connectivity index (χ0) is 13.8. The number of carboxylic acids is 1. The Morgan fingerprint density at radius 1 is 1.11 bits per heavy atom. The molecule has 18 heavy (non-hydrogen) atoms. The van der Waals surface area contributed by atoms with Crippen molar-refractivity contribution in [2.45, 2.75) is 6.29 Å². The summed E-state index contributed by atoms with van der Waals surface area (Å²) in [5, 5.41) is 8.31. The summed E-state index contributed by atoms with van der Waals surface area (Å²) in [6.45, 7) is 7.28. The van der Waals surface area contributed by atoms with Crippen LogP contribution < -0.4 is 0 Å². The molecule has 6 nitrogen and oxygen atoms in total. The summed E-state index contributed by atoms with van der Waals surface area (Å²) in [4.78, 5) is 21.2. The molecule has 0 saturated heterocycles. The summed E-state index contributed by atoms with van der Waals surface area (Å²) in [6, 6.07) is 0. The van der Waals surface area contributed by atoms with E-state index in [4.69, 9.17) is 19.3 Å². The number of carbonyl (C=O) groups excluding carboxylic acids is 1. The van der Waals surface area contributed by atoms with E-state index in [0.717, 1.165) is 6.08 Å². The highest BCUT2D eigenvalue weighted by Gasteiger charge is 2.10. The Bertz CT molecular complexity index is 309. The Balaban J connectivity index is 4.06. The Hall–Kier alpha value is -1.92. The lowest BCUT2D eigenvalue weighted by Crippen LogP contribution is -2.25. The van der Waals surface area contributed by atoms with Gasteiger partial charge in [-0.15, -0.1) is 13.2 Å². The highest BCUT2D eigenvalue weighted by Crippen LogP contribution is 1.98. The number of carboxylic acid groups (broad SMARTS) is 1. The van der Waals surface area contributed by atoms with Crippen molar-refractivity contribution in [1.29, 1.82) is 0 Å². The fourth-order valence-electron chi connectivity index (χ4n) is 0.833. The molecule has 0 heterocycles. The van der Waals surface area contributed by atoms with Gasteiger partial charge in [-0.05, 0) is 0 Å². The molecule has 0 rings (SSSR count). The van der Waals surface area contributed by atoms with Gasteiger partial charge in [-0.2, -0.15) is 0 Å². The molecule has 0 aliphatic heterocycles. The average molecular weight is 256 g/mol. The van der Waals surface area contributed by atoms with Gasteiger partial charge in [0.1, 0.15) is 6.61 Å². The fraction of sp³-hybridized carbons (Fsp3) is 0.333. The molecular formula is C12H16O6. The molecule has 0 amide bonds. The molecule has 100 valence electrons. The van der Waals surface area contributed by atoms with Crippen molar-refractivity contribution in [3.05, 3.63) is 37.5 Å². The van der Waals surface area contributed by atoms with E-state index >= 15 is 0 Å². The smallest absolute Gasteiger partial charge is 0.331 e. The second kappa shape index (κ2) is 10.2. The normalized spacial score (nSPS) is 10.5. The lowest BCUT2D eigenvalue weighted by molar-refractivity contribution is -0.171. The van der Waals surface area contributed by atoms with E-state index in [9.17, 15) is 9.59 Å². The van der Waals surface area contributed by atoms with Crippen LogP contribution in [-0.4, -0.2) is 43.2 Å². The summed E-state index contributed by atoms with van der Waals surface area (Å²) >= 11 is 0. The third-order valence-electron chi connectivity index (χ3n) is 1.52. The maximum atomic E-state index is 11.1. The third kappa shape index (κ3) is 9.32. The second-order valence-corrected chi connectivity index (χ2v) is 2.98. The Kier molecular flexibility index (Phi) is 9.15. The van der Waals surface area contributed by atoms with Crippen LogP contribution in [0, 0.1) is 0 Å². The summed E-state index contributed by atoms with van der Waals surface area (Å²) in [5.74, 6) is -2.01. The van der Waals surface area contributed by atoms with Gasteiger partial charge in [0.15, 0.2) is 6.29 Å². The number of aliphatic carboxylic acids is 1. The van der Waals surface area contributed by atoms with Crippen LogP contribution in [0.1, 0.15) is 0 Å². The minimum atomic E-state index is -1.23. The standard InChI is InChI=1S/C12H16O6/c1-3-7-16-12(17-8-4-2)9-18-11(15)6-5-10(13)14/h3-6,12H,1-2,7-9H2,(H,13,14)/b6-5-. The molecule has 0 aliphatic rings. The quantitative estimate of drug-likeness (QED) is 0.271. The molecule has 0 unspecified atom stereocenters. The lowest BCUT2D eigenvalue weighted by atomic mass is 10.5. The van der Waals surface area contributed by atoms with Crippen molar-refractivity contribution in [2.75, 3.05) is 19.8 Å². The molecule has 0 saturated carbocycles. The van der Waals surface area contributed by atoms with E-state index in [1.54, 1.807) is 0 Å². The molecule has 0 aromatic carbocycles. The van der Waals surface area contributed by atoms with Crippen molar-refractivity contribution in [3.8, 4) is 0 Å². The first-order valence-corrected chi connectivity index (χ1v) is 5.13. The van der Waals surface area contributed by atoms with E-state index in [2.05, 4.69) is 13.2 Å². The number of hydrogen-bond donors (Lipinski definition) is 1. The summed E-state index contributed by atoms with van der Waals surface area (Å²) in [7, 11) is 0. The molecule has 0 aromatic rings. The maximum absolute atomic E-state index is 11.1. The van der Waals surface area contributed by atoms with Crippen LogP contribution in [0.25, 0.3) is 0 Å². The average Bonchev–Trinajstić information content (AvgIpc) is 2.35. The van der Waals surface area contributed by atoms with Crippen molar-refractivity contribution in [3.63, 3.8) is 0 Å². The van der Waals surface area contributed by atoms with Crippen LogP contribution in [-0.2, 0) is 23.8 Å². The molecule has 0 bridgehead atoms. The number of hydrogen-bond acceptors (Lipinski definition) is 5. The fourth-order valence-corrected chi connectivity index (χ4v) is 0.833. The molecule has 6 heteroatoms. The monoisotopic (exact) mass is 256 g/mol. The van der Waals surface area contributed by atoms with E-state index in [1.807, 2.05) is 0 Å². The van der Waals surface area contributed by atoms with Gasteiger partial charge in [0.2, 0.25) is 0 Å². The number of ether oxygens (including phenoxy) is 3. The minimum absolute atomic E-state index is 0.148. The Morgan fingerprint density at radius 3 is 2.11 bits per heavy atom. The van der Waals surface area contributed by atoms with Crippen molar-refractivity contribution < 1.29 is 28.9 Å². The maximum Gasteiger partial charge on any atom is 0.331 e. The molecule has 0 aliphatic carbocycles. The molecular weight excluding hydrogens is 240 g/mol. The summed E-state index contributed by atoms with van der Waals surface area (Å²) in [6.07, 6.45) is 3.79. The predicted molar refractivity (Wildman–Crippen MR) is 63.8 cm³/mol. The largest absolute Gasteiger partial charge is 0.478 e. The van der Waals surface area contributed by atoms with Crippen LogP contribution in [0.15, 0.2) is 37.5 Å². The van der Waals surface area contributed by atoms with Gasteiger partial charge in [-0.1, -0.05) is 12.2 Å². The Labute approximate surface area is 105 Å². The summed E-state index contributed by atoms with van der Waals surface area (Å²) in [5.41, 5.74) is 0. The zero-order valence-electron chi connectivity index (χ0n) is 9.91. The van der Waals surface area contributed by atoms with Crippen LogP contribution >= 0.6 is 0 Å². The van der Waals surface area contributed by atoms with Crippen LogP contribution in [0.5, 0.6) is 0 Å². The van der Waals surface area contributed by atoms with E-state index in [0.29, 0.717) is 6.08 Å². The summed E-state index contributed by atoms with van der Waals surface area (Å²) < 4.78 is 15.1. The van der Waals surface area contributed by atoms with Crippen molar-refractivity contribution in [1.82, 2.24) is 0 Å². The van der Waals surface area contributed by atoms with Gasteiger partial charge in [-0.3, -0.25) is 0 Å². The molecule has 0 fully saturated rings. The van der Waals surface area contributed by atoms with Gasteiger partial charge in [0.05, 0.1) is 13.2 Å². The number of rotatable bonds is 10. The Morgan fingerprint density at radius 2 is 1.67 bits per heavy atom. The molecule has 0 radical (unpaired) electrons. The highest BCUT2D eigenvalue weighted by atomic mass is 16.7. The minimum Gasteiger partial charge on any atom is -0.478 e. The van der Waals surface area contributed by atoms with Gasteiger partial charge in [-0.25, -0.2) is 9.59 Å². The van der Waals surface area contributed by atoms with Gasteiger partial charge >= 0.3 is 11.9 Å². The van der Waals surface area contributed by atoms with Crippen molar-refractivity contribution >= 4 is 11.9 Å². The van der Waals surface area contributed by atoms with Gasteiger partial charge in [0.25, 0.3) is 0 Å². The van der Waals surface area contributed by atoms with Gasteiger partial charge in [0, 0.05) is 12.2 Å². The second-order valence-electron chi connectivity index (χ2n) is 2.98. The molecule has 0 atom stereocenters. The van der Waals surface area contributed by atoms with Crippen LogP contribution in [0.3, 0.4) is 0 Å². The lowest BCUT2D eigenvalue weighted by Gasteiger charge is -2.16. The first kappa shape index (κ1) is 16.1. The molecule has 0 spiro atoms. The van der Waals surface area contributed by atoms with E-state index < -0.39 is 18.2 Å². The molecule has 0 aromatic heterocycles. The molecule has 1 N–H and O–H groups in total. The topological polar surface area (TPSA) is 82.1 Å². The van der Waals surface area contributed by atoms with Gasteiger partial charge < -0.3 is 19.3 Å². The first-order valence-electron chi connectivity index (χ1n) is 5.13. The van der Waals surface area contributed by atoms with E-state index in [-0.39, 0.29) is 19.8 Å². The van der Waals surface area contributed by atoms with Crippen molar-refractivity contribution in [2.24, 2.45) is 0 Å². The van der Waals surface area contributed by atoms with E-state index in [1.165, 1.54) is 12.2 Å². The van der Waals surface area contributed by atoms with Crippen LogP contribution in [0.4, 0.5) is 0 Å². The predicted octanol–water partition coefficient (Wildman–Crippen LogP) is 0.902.